The van der Waals surface area contributed by atoms with Crippen LogP contribution in [0.3, 0.4) is 0 Å². The quantitative estimate of drug-likeness (QED) is 0.493. The van der Waals surface area contributed by atoms with Crippen molar-refractivity contribution in [2.45, 2.75) is 39.3 Å². The molecule has 0 bridgehead atoms. The van der Waals surface area contributed by atoms with E-state index in [-0.39, 0.29) is 18.5 Å². The first-order valence-corrected chi connectivity index (χ1v) is 11.2. The third kappa shape index (κ3) is 5.18. The Morgan fingerprint density at radius 2 is 1.86 bits per heavy atom. The van der Waals surface area contributed by atoms with Gasteiger partial charge < -0.3 is 16.8 Å². The fraction of sp³-hybridized carbons (Fsp3) is 0.308. The van der Waals surface area contributed by atoms with Crippen LogP contribution in [-0.2, 0) is 11.8 Å². The van der Waals surface area contributed by atoms with Gasteiger partial charge in [0.2, 0.25) is 6.41 Å². The van der Waals surface area contributed by atoms with Gasteiger partial charge in [-0.25, -0.2) is 0 Å². The Kier molecular flexibility index (Phi) is 7.57. The summed E-state index contributed by atoms with van der Waals surface area (Å²) in [5, 5.41) is 7.20. The zero-order valence-corrected chi connectivity index (χ0v) is 20.0. The average molecular weight is 486 g/mol. The monoisotopic (exact) mass is 485 g/mol. The molecule has 0 spiro atoms. The van der Waals surface area contributed by atoms with E-state index < -0.39 is 11.6 Å². The summed E-state index contributed by atoms with van der Waals surface area (Å²) in [5.41, 5.74) is 13.9. The molecule has 6 nitrogen and oxygen atoms in total. The highest BCUT2D eigenvalue weighted by molar-refractivity contribution is 5.69. The number of hydrogen-bond acceptors (Lipinski definition) is 4. The number of nitrogens with two attached hydrogens (primary N) is 2. The molecule has 1 fully saturated rings. The lowest BCUT2D eigenvalue weighted by Crippen LogP contribution is -2.51. The lowest BCUT2D eigenvalue weighted by molar-refractivity contribution is -0.225. The van der Waals surface area contributed by atoms with Crippen LogP contribution in [-0.4, -0.2) is 22.4 Å². The van der Waals surface area contributed by atoms with Crippen molar-refractivity contribution in [2.75, 3.05) is 5.32 Å². The number of carbonyl (C=O) groups excluding carboxylic acids is 1. The van der Waals surface area contributed by atoms with Crippen LogP contribution in [0.2, 0.25) is 0 Å². The predicted molar refractivity (Wildman–Crippen MR) is 132 cm³/mol. The lowest BCUT2D eigenvalue weighted by atomic mass is 9.65. The number of amides is 1. The SMILES string of the molecule is Cc1ccc(C)c(-c2ccc(=C(N)C3(C(F)(F)F)CCC3)/c(=C\N)c2)c1.Cn1nccc1NC=O. The molecule has 1 aromatic heterocycles. The van der Waals surface area contributed by atoms with E-state index in [1.54, 1.807) is 30.1 Å². The smallest absolute Gasteiger partial charge is 0.399 e. The summed E-state index contributed by atoms with van der Waals surface area (Å²) in [6.07, 6.45) is -0.186. The summed E-state index contributed by atoms with van der Waals surface area (Å²) in [7, 11) is 1.76. The largest absolute Gasteiger partial charge is 0.404 e. The second kappa shape index (κ2) is 10.2. The first-order valence-electron chi connectivity index (χ1n) is 11.2. The summed E-state index contributed by atoms with van der Waals surface area (Å²) in [4.78, 5) is 9.87. The van der Waals surface area contributed by atoms with Crippen molar-refractivity contribution in [3.05, 3.63) is 70.2 Å². The third-order valence-electron chi connectivity index (χ3n) is 6.52. The summed E-state index contributed by atoms with van der Waals surface area (Å²) in [6, 6.07) is 13.1. The number of benzene rings is 2. The maximum Gasteiger partial charge on any atom is 0.399 e. The molecule has 9 heteroatoms. The van der Waals surface area contributed by atoms with Gasteiger partial charge in [0.1, 0.15) is 11.2 Å². The van der Waals surface area contributed by atoms with E-state index in [1.165, 1.54) is 6.20 Å². The number of alkyl halides is 3. The maximum atomic E-state index is 13.6. The standard InChI is InChI=1S/C21H23F3N2.C5H7N3O/c1-13-4-5-14(2)18(10-13)15-6-7-17(16(11-15)12-25)19(26)20(8-3-9-20)21(22,23)24;1-8-5(6-4-9)2-3-7-8/h4-7,10-12H,3,8-9,25-26H2,1-2H3;2-4H,1H3,(H,6,9)/b16-12-,19-17?;. The zero-order chi connectivity index (χ0) is 25.8. The number of hydrogen-bond donors (Lipinski definition) is 3. The fourth-order valence-corrected chi connectivity index (χ4v) is 4.23. The van der Waals surface area contributed by atoms with Gasteiger partial charge in [-0.3, -0.25) is 9.48 Å². The highest BCUT2D eigenvalue weighted by atomic mass is 19.4. The van der Waals surface area contributed by atoms with E-state index in [2.05, 4.69) is 16.5 Å². The van der Waals surface area contributed by atoms with Crippen molar-refractivity contribution >= 4 is 24.1 Å². The van der Waals surface area contributed by atoms with E-state index in [9.17, 15) is 18.0 Å². The second-order valence-corrected chi connectivity index (χ2v) is 8.74. The number of nitrogens with one attached hydrogen (secondary N) is 1. The minimum Gasteiger partial charge on any atom is -0.404 e. The van der Waals surface area contributed by atoms with Crippen LogP contribution in [0.4, 0.5) is 19.0 Å². The van der Waals surface area contributed by atoms with Gasteiger partial charge in [-0.15, -0.1) is 0 Å². The molecular formula is C26H30F3N5O. The highest BCUT2D eigenvalue weighted by Gasteiger charge is 2.60. The molecule has 1 saturated carbocycles. The first-order chi connectivity index (χ1) is 16.5. The van der Waals surface area contributed by atoms with Crippen molar-refractivity contribution in [1.29, 1.82) is 0 Å². The van der Waals surface area contributed by atoms with Crippen LogP contribution in [0.1, 0.15) is 30.4 Å². The van der Waals surface area contributed by atoms with Crippen LogP contribution in [0.25, 0.3) is 23.0 Å². The summed E-state index contributed by atoms with van der Waals surface area (Å²) in [5.74, 6) is 0.699. The summed E-state index contributed by atoms with van der Waals surface area (Å²) >= 11 is 0. The van der Waals surface area contributed by atoms with Gasteiger partial charge in [0, 0.05) is 30.2 Å². The molecule has 1 heterocycles. The minimum absolute atomic E-state index is 0.0328. The third-order valence-corrected chi connectivity index (χ3v) is 6.52. The molecule has 4 rings (SSSR count). The predicted octanol–water partition coefficient (Wildman–Crippen LogP) is 3.46. The summed E-state index contributed by atoms with van der Waals surface area (Å²) in [6.45, 7) is 4.00. The Morgan fingerprint density at radius 1 is 1.14 bits per heavy atom. The van der Waals surface area contributed by atoms with E-state index >= 15 is 0 Å². The minimum atomic E-state index is -4.35. The Bertz CT molecular complexity index is 1320. The number of rotatable bonds is 4. The van der Waals surface area contributed by atoms with Gasteiger partial charge in [-0.2, -0.15) is 18.3 Å². The molecule has 0 aliphatic heterocycles. The fourth-order valence-electron chi connectivity index (χ4n) is 4.23. The van der Waals surface area contributed by atoms with Crippen molar-refractivity contribution in [2.24, 2.45) is 23.9 Å². The van der Waals surface area contributed by atoms with Gasteiger partial charge in [0.15, 0.2) is 0 Å². The Morgan fingerprint density at radius 3 is 2.37 bits per heavy atom. The van der Waals surface area contributed by atoms with E-state index in [1.807, 2.05) is 38.1 Å². The van der Waals surface area contributed by atoms with Gasteiger partial charge in [0.25, 0.3) is 0 Å². The number of halogens is 3. The number of carbonyl (C=O) groups is 1. The first kappa shape index (κ1) is 25.9. The molecule has 186 valence electrons. The Hall–Kier alpha value is -3.75. The van der Waals surface area contributed by atoms with Crippen molar-refractivity contribution < 1.29 is 18.0 Å². The molecule has 35 heavy (non-hydrogen) atoms. The van der Waals surface area contributed by atoms with Crippen LogP contribution in [0, 0.1) is 19.3 Å². The van der Waals surface area contributed by atoms with Gasteiger partial charge >= 0.3 is 6.18 Å². The van der Waals surface area contributed by atoms with Crippen LogP contribution in [0.15, 0.2) is 48.7 Å². The van der Waals surface area contributed by atoms with E-state index in [4.69, 9.17) is 11.5 Å². The van der Waals surface area contributed by atoms with E-state index in [0.717, 1.165) is 22.3 Å². The van der Waals surface area contributed by atoms with E-state index in [0.29, 0.717) is 29.1 Å². The lowest BCUT2D eigenvalue weighted by Gasteiger charge is -2.43. The number of aromatic nitrogens is 2. The Balaban J connectivity index is 0.000000320. The van der Waals surface area contributed by atoms with Crippen LogP contribution in [0.5, 0.6) is 0 Å². The molecule has 1 aliphatic rings. The molecular weight excluding hydrogens is 455 g/mol. The average Bonchev–Trinajstić information content (AvgIpc) is 3.18. The second-order valence-electron chi connectivity index (χ2n) is 8.74. The number of aryl methyl sites for hydroxylation is 3. The van der Waals surface area contributed by atoms with Gasteiger partial charge in [0.05, 0.1) is 6.20 Å². The molecule has 0 saturated heterocycles. The molecule has 2 aromatic carbocycles. The van der Waals surface area contributed by atoms with Gasteiger partial charge in [-0.1, -0.05) is 42.3 Å². The molecule has 1 amide bonds. The number of nitrogens with zero attached hydrogens (tertiary/aromatic N) is 2. The molecule has 5 N–H and O–H groups in total. The zero-order valence-electron chi connectivity index (χ0n) is 20.0. The summed E-state index contributed by atoms with van der Waals surface area (Å²) < 4.78 is 42.5. The Labute approximate surface area is 202 Å². The molecule has 3 aromatic rings. The normalized spacial score (nSPS) is 16.0. The van der Waals surface area contributed by atoms with Crippen molar-refractivity contribution in [3.63, 3.8) is 0 Å². The van der Waals surface area contributed by atoms with Crippen LogP contribution >= 0.6 is 0 Å². The van der Waals surface area contributed by atoms with Crippen LogP contribution < -0.4 is 27.2 Å². The van der Waals surface area contributed by atoms with Crippen molar-refractivity contribution in [1.82, 2.24) is 9.78 Å². The topological polar surface area (TPSA) is 99.0 Å². The molecule has 0 atom stereocenters. The highest BCUT2D eigenvalue weighted by Crippen LogP contribution is 2.56. The molecule has 0 unspecified atom stereocenters. The molecule has 1 aliphatic carbocycles. The maximum absolute atomic E-state index is 13.6. The van der Waals surface area contributed by atoms with Gasteiger partial charge in [-0.05, 0) is 54.7 Å². The van der Waals surface area contributed by atoms with Crippen molar-refractivity contribution in [3.8, 4) is 11.1 Å². The number of anilines is 1. The molecule has 0 radical (unpaired) electrons.